The molecule has 3 aliphatic carbocycles. The topological polar surface area (TPSA) is 0 Å². The van der Waals surface area contributed by atoms with E-state index in [1.165, 1.54) is 69.4 Å². The number of fused-ring (bicyclic) bond motifs is 3. The first kappa shape index (κ1) is 33.7. The van der Waals surface area contributed by atoms with Crippen molar-refractivity contribution in [3.8, 4) is 0 Å². The van der Waals surface area contributed by atoms with Crippen molar-refractivity contribution in [2.75, 3.05) is 0 Å². The average Bonchev–Trinajstić information content (AvgIpc) is 3.38. The van der Waals surface area contributed by atoms with E-state index in [9.17, 15) is 0 Å². The molecule has 0 aliphatic heterocycles. The SMILES string of the molecule is Cc1ccc2c(c1)[cH-]c1cc(C)ccc12.[C-]1=CC=CC1.[Cl-].[Cl-].[Zr+2]=[Si](C1CCCCCC1)C1CCCCCC1. The molecule has 2 fully saturated rings. The van der Waals surface area contributed by atoms with E-state index in [0.29, 0.717) is 0 Å². The van der Waals surface area contributed by atoms with Gasteiger partial charge in [-0.25, -0.2) is 12.2 Å². The molecule has 3 aromatic carbocycles. The third kappa shape index (κ3) is 10.1. The first-order chi connectivity index (χ1) is 17.6. The monoisotopic (exact) mass is 640 g/mol. The van der Waals surface area contributed by atoms with Gasteiger partial charge < -0.3 is 24.8 Å². The molecule has 2 saturated carbocycles. The molecule has 4 heteroatoms. The third-order valence-corrected chi connectivity index (χ3v) is 17.1. The van der Waals surface area contributed by atoms with E-state index in [4.69, 9.17) is 0 Å². The first-order valence-electron chi connectivity index (χ1n) is 14.5. The summed E-state index contributed by atoms with van der Waals surface area (Å²) in [5.74, 6) is 0. The molecule has 0 amide bonds. The van der Waals surface area contributed by atoms with Crippen LogP contribution in [0, 0.1) is 19.9 Å². The van der Waals surface area contributed by atoms with Crippen LogP contribution in [-0.4, -0.2) is 5.43 Å². The summed E-state index contributed by atoms with van der Waals surface area (Å²) in [7, 11) is 0. The van der Waals surface area contributed by atoms with Crippen LogP contribution in [0.4, 0.5) is 0 Å². The Balaban J connectivity index is 0.000000216. The van der Waals surface area contributed by atoms with Gasteiger partial charge in [-0.2, -0.15) is 6.08 Å². The van der Waals surface area contributed by atoms with Crippen molar-refractivity contribution >= 4 is 27.0 Å². The van der Waals surface area contributed by atoms with E-state index in [2.05, 4.69) is 68.5 Å². The molecule has 3 aromatic rings. The van der Waals surface area contributed by atoms with Crippen LogP contribution in [0.1, 0.15) is 94.6 Å². The molecule has 0 aromatic heterocycles. The summed E-state index contributed by atoms with van der Waals surface area (Å²) in [5, 5.41) is 5.46. The summed E-state index contributed by atoms with van der Waals surface area (Å²) >= 11 is 1.96. The van der Waals surface area contributed by atoms with E-state index in [1.54, 1.807) is 51.4 Å². The normalized spacial score (nSPS) is 17.8. The van der Waals surface area contributed by atoms with Crippen LogP contribution < -0.4 is 24.8 Å². The fourth-order valence-corrected chi connectivity index (χ4v) is 13.1. The van der Waals surface area contributed by atoms with E-state index in [0.717, 1.165) is 6.42 Å². The number of hydrogen-bond acceptors (Lipinski definition) is 0. The molecule has 0 radical (unpaired) electrons. The molecule has 0 saturated heterocycles. The van der Waals surface area contributed by atoms with Crippen LogP contribution in [0.15, 0.2) is 60.7 Å². The first-order valence-corrected chi connectivity index (χ1v) is 19.8. The number of benzene rings is 2. The van der Waals surface area contributed by atoms with Gasteiger partial charge in [0.25, 0.3) is 0 Å². The van der Waals surface area contributed by atoms with Gasteiger partial charge in [-0.15, -0.1) is 46.2 Å². The van der Waals surface area contributed by atoms with E-state index in [1.807, 2.05) is 35.5 Å². The summed E-state index contributed by atoms with van der Waals surface area (Å²) in [6.45, 7) is 4.28. The molecule has 204 valence electrons. The van der Waals surface area contributed by atoms with E-state index in [-0.39, 0.29) is 30.2 Å². The van der Waals surface area contributed by atoms with Crippen LogP contribution in [0.2, 0.25) is 11.1 Å². The number of aryl methyl sites for hydroxylation is 2. The van der Waals surface area contributed by atoms with Crippen molar-refractivity contribution in [3.05, 3.63) is 77.9 Å². The van der Waals surface area contributed by atoms with Gasteiger partial charge in [-0.3, -0.25) is 6.08 Å². The molecule has 3 aliphatic rings. The second kappa shape index (κ2) is 18.0. The minimum atomic E-state index is 0. The predicted molar refractivity (Wildman–Crippen MR) is 157 cm³/mol. The van der Waals surface area contributed by atoms with Crippen molar-refractivity contribution in [2.45, 2.75) is 108 Å². The van der Waals surface area contributed by atoms with Crippen LogP contribution in [0.25, 0.3) is 21.5 Å². The van der Waals surface area contributed by atoms with Crippen molar-refractivity contribution in [1.82, 2.24) is 0 Å². The molecule has 0 N–H and O–H groups in total. The molecule has 38 heavy (non-hydrogen) atoms. The van der Waals surface area contributed by atoms with Gasteiger partial charge in [0, 0.05) is 0 Å². The van der Waals surface area contributed by atoms with Gasteiger partial charge in [0.05, 0.1) is 0 Å². The van der Waals surface area contributed by atoms with Crippen LogP contribution in [0.3, 0.4) is 0 Å². The van der Waals surface area contributed by atoms with Gasteiger partial charge in [-0.05, 0) is 13.8 Å². The van der Waals surface area contributed by atoms with Crippen molar-refractivity contribution in [3.63, 3.8) is 0 Å². The maximum atomic E-state index is 2.99. The maximum absolute atomic E-state index is 2.99. The number of allylic oxidation sites excluding steroid dienone is 4. The van der Waals surface area contributed by atoms with Crippen LogP contribution in [0.5, 0.6) is 0 Å². The Bertz CT molecular complexity index is 1090. The molecular weight excluding hydrogens is 599 g/mol. The van der Waals surface area contributed by atoms with Gasteiger partial charge in [0.15, 0.2) is 0 Å². The zero-order chi connectivity index (χ0) is 25.2. The summed E-state index contributed by atoms with van der Waals surface area (Å²) in [4.78, 5) is 0. The minimum absolute atomic E-state index is 0. The van der Waals surface area contributed by atoms with Crippen LogP contribution in [-0.2, 0) is 23.3 Å². The quantitative estimate of drug-likeness (QED) is 0.218. The number of hydrogen-bond donors (Lipinski definition) is 0. The van der Waals surface area contributed by atoms with Gasteiger partial charge in [0.2, 0.25) is 0 Å². The zero-order valence-electron chi connectivity index (χ0n) is 23.4. The van der Waals surface area contributed by atoms with Gasteiger partial charge in [-0.1, -0.05) is 35.4 Å². The van der Waals surface area contributed by atoms with Crippen molar-refractivity contribution < 1.29 is 48.1 Å². The molecule has 0 heterocycles. The van der Waals surface area contributed by atoms with Crippen LogP contribution >= 0.6 is 0 Å². The fourth-order valence-electron chi connectivity index (χ4n) is 6.12. The molecule has 0 nitrogen and oxygen atoms in total. The fraction of sp³-hybridized carbons (Fsp3) is 0.500. The summed E-state index contributed by atoms with van der Waals surface area (Å²) in [6, 6.07) is 15.6. The number of halogens is 2. The summed E-state index contributed by atoms with van der Waals surface area (Å²) in [5.41, 5.74) is 5.14. The Labute approximate surface area is 259 Å². The molecular formula is C34H44Cl2SiZr-2. The van der Waals surface area contributed by atoms with E-state index < -0.39 is 0 Å². The Hall–Kier alpha value is -0.530. The molecule has 0 atom stereocenters. The Morgan fingerprint density at radius 1 is 0.711 bits per heavy atom. The van der Waals surface area contributed by atoms with Crippen molar-refractivity contribution in [1.29, 1.82) is 0 Å². The Morgan fingerprint density at radius 2 is 1.16 bits per heavy atom. The second-order valence-corrected chi connectivity index (χ2v) is 18.0. The number of rotatable bonds is 2. The molecule has 6 rings (SSSR count). The Morgan fingerprint density at radius 3 is 1.50 bits per heavy atom. The zero-order valence-corrected chi connectivity index (χ0v) is 28.3. The third-order valence-electron chi connectivity index (χ3n) is 8.19. The molecule has 0 spiro atoms. The summed E-state index contributed by atoms with van der Waals surface area (Å²) in [6.07, 6.45) is 28.8. The standard InChI is InChI=1S/C15H13.C14H26Si.C5H5.2ClH.Zr/c1-10-3-5-14-12(7-10)9-13-8-11(2)4-6-15(13)14;1-2-6-10-13(9-5-1)15-14-11-7-3-4-8-12-14;1-2-4-5-3-1;;;/h3-9H,1-2H3;13-14H,1-12H2;1-3H,4H2;2*1H;/q-1;;-1;;;+2/p-2. The molecule has 0 bridgehead atoms. The molecule has 0 unspecified atom stereocenters. The van der Waals surface area contributed by atoms with Crippen molar-refractivity contribution in [2.24, 2.45) is 0 Å². The second-order valence-electron chi connectivity index (χ2n) is 11.2. The summed E-state index contributed by atoms with van der Waals surface area (Å²) < 4.78 is 0. The van der Waals surface area contributed by atoms with Gasteiger partial charge in [0.1, 0.15) is 0 Å². The van der Waals surface area contributed by atoms with Gasteiger partial charge >= 0.3 is 117 Å². The van der Waals surface area contributed by atoms with E-state index >= 15 is 0 Å². The predicted octanol–water partition coefficient (Wildman–Crippen LogP) is 4.62. The Kier molecular flexibility index (Phi) is 16.0. The average molecular weight is 643 g/mol.